The second kappa shape index (κ2) is 9.93. The van der Waals surface area contributed by atoms with Gasteiger partial charge in [-0.05, 0) is 52.2 Å². The monoisotopic (exact) mass is 483 g/mol. The number of aliphatic hydroxyl groups excluding tert-OH is 1. The van der Waals surface area contributed by atoms with Crippen molar-refractivity contribution in [3.63, 3.8) is 0 Å². The lowest BCUT2D eigenvalue weighted by Gasteiger charge is -2.30. The quantitative estimate of drug-likeness (QED) is 0.590. The summed E-state index contributed by atoms with van der Waals surface area (Å²) in [6.45, 7) is 1.01. The third-order valence-corrected chi connectivity index (χ3v) is 7.39. The number of para-hydroxylation sites is 1. The van der Waals surface area contributed by atoms with Gasteiger partial charge in [0.1, 0.15) is 24.2 Å². The van der Waals surface area contributed by atoms with Gasteiger partial charge in [-0.15, -0.1) is 0 Å². The number of ether oxygens (including phenoxy) is 2. The molecule has 2 unspecified atom stereocenters. The average molecular weight is 484 g/mol. The maximum absolute atomic E-state index is 12.0. The second-order valence-corrected chi connectivity index (χ2v) is 10.3. The fourth-order valence-electron chi connectivity index (χ4n) is 3.44. The van der Waals surface area contributed by atoms with Crippen LogP contribution in [0.2, 0.25) is 0 Å². The molecule has 0 spiro atoms. The molecule has 0 radical (unpaired) electrons. The van der Waals surface area contributed by atoms with Gasteiger partial charge in [0, 0.05) is 19.1 Å². The van der Waals surface area contributed by atoms with E-state index in [1.54, 1.807) is 7.11 Å². The first-order valence-electron chi connectivity index (χ1n) is 9.49. The van der Waals surface area contributed by atoms with E-state index in [0.717, 1.165) is 15.8 Å². The standard InChI is InChI=1S/C21H26BrNO5S/c1-27-19-8-6-16(7-9-19)12-23(17-10-11-29(25,26)15-17)13-18(24)14-28-21-5-3-2-4-20(21)22/h2-9,17-18,24H,10-15H2,1H3. The zero-order valence-electron chi connectivity index (χ0n) is 16.3. The van der Waals surface area contributed by atoms with Gasteiger partial charge in [-0.25, -0.2) is 8.42 Å². The fourth-order valence-corrected chi connectivity index (χ4v) is 5.60. The molecule has 2 atom stereocenters. The van der Waals surface area contributed by atoms with Gasteiger partial charge in [0.2, 0.25) is 0 Å². The van der Waals surface area contributed by atoms with Gasteiger partial charge in [0.15, 0.2) is 9.84 Å². The summed E-state index contributed by atoms with van der Waals surface area (Å²) in [5.41, 5.74) is 1.04. The average Bonchev–Trinajstić information content (AvgIpc) is 3.07. The van der Waals surface area contributed by atoms with Crippen LogP contribution >= 0.6 is 15.9 Å². The molecule has 0 amide bonds. The Morgan fingerprint density at radius 1 is 1.21 bits per heavy atom. The molecule has 1 aliphatic rings. The van der Waals surface area contributed by atoms with Crippen molar-refractivity contribution in [1.82, 2.24) is 4.90 Å². The lowest BCUT2D eigenvalue weighted by atomic mass is 10.1. The Kier molecular flexibility index (Phi) is 7.56. The molecular weight excluding hydrogens is 458 g/mol. The van der Waals surface area contributed by atoms with Gasteiger partial charge in [-0.1, -0.05) is 24.3 Å². The van der Waals surface area contributed by atoms with Gasteiger partial charge in [0.25, 0.3) is 0 Å². The molecule has 3 rings (SSSR count). The van der Waals surface area contributed by atoms with E-state index < -0.39 is 15.9 Å². The third-order valence-electron chi connectivity index (χ3n) is 4.98. The molecule has 0 aliphatic carbocycles. The van der Waals surface area contributed by atoms with E-state index in [9.17, 15) is 13.5 Å². The molecule has 2 aromatic carbocycles. The van der Waals surface area contributed by atoms with Crippen molar-refractivity contribution in [3.05, 3.63) is 58.6 Å². The molecule has 0 saturated carbocycles. The number of hydrogen-bond acceptors (Lipinski definition) is 6. The Bertz CT molecular complexity index is 904. The minimum absolute atomic E-state index is 0.111. The summed E-state index contributed by atoms with van der Waals surface area (Å²) < 4.78 is 35.7. The summed E-state index contributed by atoms with van der Waals surface area (Å²) in [5.74, 6) is 1.75. The van der Waals surface area contributed by atoms with E-state index in [-0.39, 0.29) is 24.2 Å². The smallest absolute Gasteiger partial charge is 0.151 e. The van der Waals surface area contributed by atoms with E-state index in [1.807, 2.05) is 53.4 Å². The van der Waals surface area contributed by atoms with Crippen molar-refractivity contribution in [2.24, 2.45) is 0 Å². The summed E-state index contributed by atoms with van der Waals surface area (Å²) >= 11 is 3.43. The Morgan fingerprint density at radius 2 is 1.93 bits per heavy atom. The molecule has 2 aromatic rings. The van der Waals surface area contributed by atoms with Crippen molar-refractivity contribution in [3.8, 4) is 11.5 Å². The first-order chi connectivity index (χ1) is 13.9. The van der Waals surface area contributed by atoms with Gasteiger partial charge >= 0.3 is 0 Å². The number of sulfone groups is 1. The van der Waals surface area contributed by atoms with Crippen LogP contribution in [0, 0.1) is 0 Å². The minimum Gasteiger partial charge on any atom is -0.497 e. The number of hydrogen-bond donors (Lipinski definition) is 1. The Labute approximate surface area is 180 Å². The van der Waals surface area contributed by atoms with Crippen molar-refractivity contribution in [1.29, 1.82) is 0 Å². The van der Waals surface area contributed by atoms with Crippen LogP contribution in [0.3, 0.4) is 0 Å². The van der Waals surface area contributed by atoms with Gasteiger partial charge in [0.05, 0.1) is 23.1 Å². The van der Waals surface area contributed by atoms with Crippen LogP contribution in [0.1, 0.15) is 12.0 Å². The second-order valence-electron chi connectivity index (χ2n) is 7.23. The van der Waals surface area contributed by atoms with E-state index >= 15 is 0 Å². The molecule has 29 heavy (non-hydrogen) atoms. The van der Waals surface area contributed by atoms with Crippen molar-refractivity contribution >= 4 is 25.8 Å². The number of aliphatic hydroxyl groups is 1. The van der Waals surface area contributed by atoms with Crippen molar-refractivity contribution in [2.45, 2.75) is 25.1 Å². The first kappa shape index (κ1) is 22.1. The summed E-state index contributed by atoms with van der Waals surface area (Å²) in [5, 5.41) is 10.6. The zero-order valence-corrected chi connectivity index (χ0v) is 18.7. The number of methoxy groups -OCH3 is 1. The highest BCUT2D eigenvalue weighted by atomic mass is 79.9. The summed E-state index contributed by atoms with van der Waals surface area (Å²) in [6, 6.07) is 15.0. The lowest BCUT2D eigenvalue weighted by Crippen LogP contribution is -2.42. The van der Waals surface area contributed by atoms with Crippen LogP contribution in [-0.4, -0.2) is 62.3 Å². The largest absolute Gasteiger partial charge is 0.497 e. The molecule has 0 bridgehead atoms. The van der Waals surface area contributed by atoms with Crippen LogP contribution in [0.15, 0.2) is 53.0 Å². The molecular formula is C21H26BrNO5S. The Balaban J connectivity index is 1.66. The Morgan fingerprint density at radius 3 is 2.55 bits per heavy atom. The predicted molar refractivity (Wildman–Crippen MR) is 116 cm³/mol. The fraction of sp³-hybridized carbons (Fsp3) is 0.429. The molecule has 1 N–H and O–H groups in total. The van der Waals surface area contributed by atoms with E-state index in [0.29, 0.717) is 25.3 Å². The molecule has 158 valence electrons. The topological polar surface area (TPSA) is 76.1 Å². The molecule has 1 heterocycles. The van der Waals surface area contributed by atoms with Crippen LogP contribution in [0.5, 0.6) is 11.5 Å². The van der Waals surface area contributed by atoms with Crippen LogP contribution in [0.4, 0.5) is 0 Å². The highest BCUT2D eigenvalue weighted by molar-refractivity contribution is 9.10. The number of benzene rings is 2. The van der Waals surface area contributed by atoms with Crippen LogP contribution in [-0.2, 0) is 16.4 Å². The molecule has 1 saturated heterocycles. The summed E-state index contributed by atoms with van der Waals surface area (Å²) in [6.07, 6.45) is -0.167. The van der Waals surface area contributed by atoms with Gasteiger partial charge in [-0.3, -0.25) is 4.90 Å². The molecule has 6 nitrogen and oxygen atoms in total. The van der Waals surface area contributed by atoms with E-state index in [4.69, 9.17) is 9.47 Å². The minimum atomic E-state index is -3.02. The maximum Gasteiger partial charge on any atom is 0.151 e. The zero-order chi connectivity index (χ0) is 20.9. The van der Waals surface area contributed by atoms with Crippen molar-refractivity contribution in [2.75, 3.05) is 31.8 Å². The lowest BCUT2D eigenvalue weighted by molar-refractivity contribution is 0.0522. The SMILES string of the molecule is COc1ccc(CN(CC(O)COc2ccccc2Br)C2CCS(=O)(=O)C2)cc1. The van der Waals surface area contributed by atoms with E-state index in [2.05, 4.69) is 15.9 Å². The molecule has 1 aliphatic heterocycles. The maximum atomic E-state index is 12.0. The molecule has 1 fully saturated rings. The highest BCUT2D eigenvalue weighted by Crippen LogP contribution is 2.25. The highest BCUT2D eigenvalue weighted by Gasteiger charge is 2.33. The molecule has 8 heteroatoms. The van der Waals surface area contributed by atoms with Crippen LogP contribution < -0.4 is 9.47 Å². The van der Waals surface area contributed by atoms with Gasteiger partial charge in [-0.2, -0.15) is 0 Å². The van der Waals surface area contributed by atoms with Crippen molar-refractivity contribution < 1.29 is 23.0 Å². The predicted octanol–water partition coefficient (Wildman–Crippen LogP) is 2.89. The molecule has 0 aromatic heterocycles. The summed E-state index contributed by atoms with van der Waals surface area (Å²) in [4.78, 5) is 2.04. The third kappa shape index (κ3) is 6.44. The number of halogens is 1. The van der Waals surface area contributed by atoms with E-state index in [1.165, 1.54) is 0 Å². The van der Waals surface area contributed by atoms with Crippen LogP contribution in [0.25, 0.3) is 0 Å². The normalized spacial score (nSPS) is 19.2. The van der Waals surface area contributed by atoms with Gasteiger partial charge < -0.3 is 14.6 Å². The Hall–Kier alpha value is -1.61. The first-order valence-corrected chi connectivity index (χ1v) is 12.1. The number of nitrogens with zero attached hydrogens (tertiary/aromatic N) is 1. The number of rotatable bonds is 9. The summed E-state index contributed by atoms with van der Waals surface area (Å²) in [7, 11) is -1.40.